The van der Waals surface area contributed by atoms with Crippen molar-refractivity contribution in [1.82, 2.24) is 25.3 Å². The van der Waals surface area contributed by atoms with Gasteiger partial charge in [-0.3, -0.25) is 9.89 Å². The second-order valence-electron chi connectivity index (χ2n) is 9.73. The van der Waals surface area contributed by atoms with Crippen molar-refractivity contribution < 1.29 is 0 Å². The molecule has 6 heteroatoms. The summed E-state index contributed by atoms with van der Waals surface area (Å²) < 4.78 is 0. The van der Waals surface area contributed by atoms with E-state index in [0.717, 1.165) is 45.1 Å². The average molecular weight is 443 g/mol. The first-order chi connectivity index (χ1) is 15.6. The monoisotopic (exact) mass is 442 g/mol. The molecule has 0 saturated carbocycles. The van der Waals surface area contributed by atoms with Crippen LogP contribution in [-0.2, 0) is 6.54 Å². The van der Waals surface area contributed by atoms with Crippen LogP contribution in [0, 0.1) is 5.92 Å². The third-order valence-electron chi connectivity index (χ3n) is 6.97. The lowest BCUT2D eigenvalue weighted by molar-refractivity contribution is 0.125. The lowest BCUT2D eigenvalue weighted by atomic mass is 9.97. The fourth-order valence-corrected chi connectivity index (χ4v) is 4.95. The van der Waals surface area contributed by atoms with Crippen LogP contribution < -0.4 is 10.6 Å². The maximum atomic E-state index is 4.96. The van der Waals surface area contributed by atoms with Crippen molar-refractivity contribution in [2.75, 3.05) is 58.9 Å². The highest BCUT2D eigenvalue weighted by Gasteiger charge is 2.26. The van der Waals surface area contributed by atoms with Crippen LogP contribution >= 0.6 is 0 Å². The fraction of sp³-hybridized carbons (Fsp3) is 0.731. The number of nitrogens with one attached hydrogen (secondary N) is 2. The Kier molecular flexibility index (Phi) is 10.3. The van der Waals surface area contributed by atoms with Crippen LogP contribution in [0.1, 0.15) is 46.1 Å². The Morgan fingerprint density at radius 1 is 1.06 bits per heavy atom. The molecule has 2 aliphatic heterocycles. The summed E-state index contributed by atoms with van der Waals surface area (Å²) in [5.41, 5.74) is 1.41. The molecule has 32 heavy (non-hydrogen) atoms. The van der Waals surface area contributed by atoms with E-state index in [1.54, 1.807) is 0 Å². The smallest absolute Gasteiger partial charge is 0.191 e. The molecular weight excluding hydrogens is 396 g/mol. The number of nitrogens with zero attached hydrogens (tertiary/aromatic N) is 4. The molecule has 2 aliphatic rings. The van der Waals surface area contributed by atoms with Gasteiger partial charge in [0.25, 0.3) is 0 Å². The van der Waals surface area contributed by atoms with Crippen LogP contribution in [0.15, 0.2) is 35.3 Å². The van der Waals surface area contributed by atoms with Crippen molar-refractivity contribution in [3.63, 3.8) is 0 Å². The molecular formula is C26H46N6. The van der Waals surface area contributed by atoms with Crippen LogP contribution in [0.4, 0.5) is 0 Å². The first-order valence-electron chi connectivity index (χ1n) is 12.8. The number of likely N-dealkylation sites (tertiary alicyclic amines) is 1. The summed E-state index contributed by atoms with van der Waals surface area (Å²) in [6.45, 7) is 20.2. The van der Waals surface area contributed by atoms with Gasteiger partial charge in [-0.15, -0.1) is 0 Å². The van der Waals surface area contributed by atoms with Crippen molar-refractivity contribution in [3.8, 4) is 0 Å². The molecule has 3 unspecified atom stereocenters. The highest BCUT2D eigenvalue weighted by Crippen LogP contribution is 2.20. The molecule has 2 heterocycles. The van der Waals surface area contributed by atoms with Gasteiger partial charge in [0.15, 0.2) is 5.96 Å². The van der Waals surface area contributed by atoms with Crippen molar-refractivity contribution in [2.24, 2.45) is 10.9 Å². The van der Waals surface area contributed by atoms with E-state index in [1.807, 2.05) is 0 Å². The maximum absolute atomic E-state index is 4.96. The number of rotatable bonds is 9. The molecule has 1 aromatic rings. The van der Waals surface area contributed by atoms with Gasteiger partial charge < -0.3 is 20.4 Å². The summed E-state index contributed by atoms with van der Waals surface area (Å²) in [5, 5.41) is 7.21. The van der Waals surface area contributed by atoms with Crippen LogP contribution in [0.3, 0.4) is 0 Å². The first-order valence-corrected chi connectivity index (χ1v) is 12.8. The third kappa shape index (κ3) is 8.05. The zero-order chi connectivity index (χ0) is 22.8. The number of piperazine rings is 1. The van der Waals surface area contributed by atoms with Gasteiger partial charge in [0.2, 0.25) is 0 Å². The SMILES string of the molecule is CCNC(=NCC(C)CN1CCN(CC)CC1)NC1CCN(Cc2ccccc2)C(C)C1. The van der Waals surface area contributed by atoms with Crippen molar-refractivity contribution in [3.05, 3.63) is 35.9 Å². The summed E-state index contributed by atoms with van der Waals surface area (Å²) in [5.74, 6) is 1.56. The van der Waals surface area contributed by atoms with Gasteiger partial charge >= 0.3 is 0 Å². The van der Waals surface area contributed by atoms with Crippen molar-refractivity contribution >= 4 is 5.96 Å². The third-order valence-corrected chi connectivity index (χ3v) is 6.97. The van der Waals surface area contributed by atoms with Gasteiger partial charge in [0.05, 0.1) is 0 Å². The van der Waals surface area contributed by atoms with E-state index in [1.165, 1.54) is 44.7 Å². The largest absolute Gasteiger partial charge is 0.357 e. The zero-order valence-electron chi connectivity index (χ0n) is 20.9. The number of hydrogen-bond donors (Lipinski definition) is 2. The summed E-state index contributed by atoms with van der Waals surface area (Å²) in [7, 11) is 0. The molecule has 6 nitrogen and oxygen atoms in total. The molecule has 1 aromatic carbocycles. The average Bonchev–Trinajstić information content (AvgIpc) is 2.80. The predicted molar refractivity (Wildman–Crippen MR) is 136 cm³/mol. The number of piperidine rings is 1. The Balaban J connectivity index is 1.43. The molecule has 0 radical (unpaired) electrons. The standard InChI is InChI=1S/C26H46N6/c1-5-27-26(28-19-22(3)20-31-16-14-30(6-2)15-17-31)29-25-12-13-32(23(4)18-25)21-24-10-8-7-9-11-24/h7-11,22-23,25H,5-6,12-21H2,1-4H3,(H2,27,28,29). The highest BCUT2D eigenvalue weighted by atomic mass is 15.3. The van der Waals surface area contributed by atoms with Gasteiger partial charge in [-0.05, 0) is 44.7 Å². The summed E-state index contributed by atoms with van der Waals surface area (Å²) in [4.78, 5) is 12.7. The van der Waals surface area contributed by atoms with Gasteiger partial charge in [0, 0.05) is 71.0 Å². The van der Waals surface area contributed by atoms with E-state index in [4.69, 9.17) is 4.99 Å². The van der Waals surface area contributed by atoms with E-state index in [0.29, 0.717) is 18.0 Å². The van der Waals surface area contributed by atoms with Crippen LogP contribution in [0.2, 0.25) is 0 Å². The highest BCUT2D eigenvalue weighted by molar-refractivity contribution is 5.80. The molecule has 0 spiro atoms. The molecule has 0 aliphatic carbocycles. The first kappa shape index (κ1) is 25.0. The molecule has 180 valence electrons. The quantitative estimate of drug-likeness (QED) is 0.455. The lowest BCUT2D eigenvalue weighted by Crippen LogP contribution is -2.51. The van der Waals surface area contributed by atoms with Crippen molar-refractivity contribution in [1.29, 1.82) is 0 Å². The fourth-order valence-electron chi connectivity index (χ4n) is 4.95. The summed E-state index contributed by atoms with van der Waals surface area (Å²) >= 11 is 0. The number of aliphatic imine (C=N–C) groups is 1. The second-order valence-corrected chi connectivity index (χ2v) is 9.73. The molecule has 0 amide bonds. The molecule has 3 rings (SSSR count). The predicted octanol–water partition coefficient (Wildman–Crippen LogP) is 2.87. The molecule has 2 N–H and O–H groups in total. The molecule has 2 fully saturated rings. The Morgan fingerprint density at radius 2 is 1.78 bits per heavy atom. The number of guanidine groups is 1. The molecule has 0 bridgehead atoms. The molecule has 0 aromatic heterocycles. The van der Waals surface area contributed by atoms with Crippen molar-refractivity contribution in [2.45, 2.75) is 59.2 Å². The Labute approximate surface area is 196 Å². The lowest BCUT2D eigenvalue weighted by Gasteiger charge is -2.38. The van der Waals surface area contributed by atoms with Gasteiger partial charge in [0.1, 0.15) is 0 Å². The maximum Gasteiger partial charge on any atom is 0.191 e. The number of hydrogen-bond acceptors (Lipinski definition) is 4. The Bertz CT molecular complexity index is 670. The summed E-state index contributed by atoms with van der Waals surface area (Å²) in [6, 6.07) is 11.9. The Morgan fingerprint density at radius 3 is 2.44 bits per heavy atom. The van der Waals surface area contributed by atoms with Crippen LogP contribution in [0.5, 0.6) is 0 Å². The van der Waals surface area contributed by atoms with E-state index in [-0.39, 0.29) is 0 Å². The molecule has 3 atom stereocenters. The van der Waals surface area contributed by atoms with Gasteiger partial charge in [-0.25, -0.2) is 0 Å². The minimum Gasteiger partial charge on any atom is -0.357 e. The van der Waals surface area contributed by atoms with Gasteiger partial charge in [-0.2, -0.15) is 0 Å². The van der Waals surface area contributed by atoms with E-state index in [2.05, 4.69) is 83.4 Å². The number of likely N-dealkylation sites (N-methyl/N-ethyl adjacent to an activating group) is 1. The van der Waals surface area contributed by atoms with E-state index in [9.17, 15) is 0 Å². The van der Waals surface area contributed by atoms with E-state index >= 15 is 0 Å². The van der Waals surface area contributed by atoms with Gasteiger partial charge in [-0.1, -0.05) is 44.2 Å². The summed E-state index contributed by atoms with van der Waals surface area (Å²) in [6.07, 6.45) is 2.33. The normalized spacial score (nSPS) is 24.9. The zero-order valence-corrected chi connectivity index (χ0v) is 20.9. The number of benzene rings is 1. The van der Waals surface area contributed by atoms with Crippen LogP contribution in [-0.4, -0.2) is 91.6 Å². The molecule has 2 saturated heterocycles. The van der Waals surface area contributed by atoms with E-state index < -0.39 is 0 Å². The topological polar surface area (TPSA) is 46.1 Å². The Hall–Kier alpha value is -1.63. The second kappa shape index (κ2) is 13.2. The minimum atomic E-state index is 0.493. The van der Waals surface area contributed by atoms with Crippen LogP contribution in [0.25, 0.3) is 0 Å². The minimum absolute atomic E-state index is 0.493.